The Hall–Kier alpha value is -4.26. The van der Waals surface area contributed by atoms with Crippen LogP contribution in [0.15, 0.2) is 89.0 Å². The van der Waals surface area contributed by atoms with Crippen molar-refractivity contribution in [3.8, 4) is 0 Å². The molecule has 0 atom stereocenters. The van der Waals surface area contributed by atoms with Gasteiger partial charge in [-0.15, -0.1) is 22.7 Å². The fraction of sp³-hybridized carbons (Fsp3) is 0.167. The van der Waals surface area contributed by atoms with Crippen molar-refractivity contribution in [1.29, 1.82) is 0 Å². The molecule has 0 aliphatic heterocycles. The number of hydrogen-bond donors (Lipinski definition) is 0. The van der Waals surface area contributed by atoms with Gasteiger partial charge in [0, 0.05) is 47.5 Å². The second-order valence-electron chi connectivity index (χ2n) is 12.3. The van der Waals surface area contributed by atoms with E-state index in [-0.39, 0.29) is 39.7 Å². The van der Waals surface area contributed by atoms with Gasteiger partial charge in [-0.2, -0.15) is 0 Å². The monoisotopic (exact) mass is 584 g/mol. The third-order valence-electron chi connectivity index (χ3n) is 9.22. The number of rotatable bonds is 2. The second-order valence-corrected chi connectivity index (χ2v) is 14.4. The highest BCUT2D eigenvalue weighted by Crippen LogP contribution is 2.64. The molecule has 4 aromatic rings. The van der Waals surface area contributed by atoms with Crippen molar-refractivity contribution < 1.29 is 19.2 Å². The summed E-state index contributed by atoms with van der Waals surface area (Å²) in [5.74, 6) is -0.844. The Kier molecular flexibility index (Phi) is 4.96. The van der Waals surface area contributed by atoms with Gasteiger partial charge in [0.05, 0.1) is 15.8 Å². The zero-order valence-electron chi connectivity index (χ0n) is 23.4. The molecule has 0 unspecified atom stereocenters. The molecule has 0 fully saturated rings. The van der Waals surface area contributed by atoms with Crippen LogP contribution in [-0.2, 0) is 5.41 Å². The smallest absolute Gasteiger partial charge is 0.197 e. The summed E-state index contributed by atoms with van der Waals surface area (Å²) >= 11 is 3.36. The van der Waals surface area contributed by atoms with Crippen LogP contribution in [0.25, 0.3) is 21.0 Å². The van der Waals surface area contributed by atoms with Crippen molar-refractivity contribution in [3.05, 3.63) is 127 Å². The van der Waals surface area contributed by atoms with E-state index in [2.05, 4.69) is 39.8 Å². The van der Waals surface area contributed by atoms with Gasteiger partial charge in [0.15, 0.2) is 23.1 Å². The van der Waals surface area contributed by atoms with Crippen LogP contribution < -0.4 is 0 Å². The largest absolute Gasteiger partial charge is 0.288 e. The lowest BCUT2D eigenvalue weighted by Crippen LogP contribution is -2.15. The summed E-state index contributed by atoms with van der Waals surface area (Å²) in [4.78, 5) is 54.4. The molecule has 204 valence electrons. The summed E-state index contributed by atoms with van der Waals surface area (Å²) in [7, 11) is 0. The highest BCUT2D eigenvalue weighted by atomic mass is 32.1. The van der Waals surface area contributed by atoms with Gasteiger partial charge in [0.2, 0.25) is 0 Å². The van der Waals surface area contributed by atoms with Gasteiger partial charge in [0.1, 0.15) is 0 Å². The minimum atomic E-state index is -0.396. The first-order valence-electron chi connectivity index (χ1n) is 13.8. The fourth-order valence-corrected chi connectivity index (χ4v) is 10.1. The number of carbonyl (C=O) groups is 4. The first-order chi connectivity index (χ1) is 20.0. The van der Waals surface area contributed by atoms with Crippen LogP contribution in [0.1, 0.15) is 84.4 Å². The minimum absolute atomic E-state index is 0.208. The van der Waals surface area contributed by atoms with E-state index in [4.69, 9.17) is 0 Å². The molecule has 42 heavy (non-hydrogen) atoms. The number of Topliss-reactive ketones (excluding diaryl/α,β-unsaturated/α-hetero) is 4. The molecular weight excluding hydrogens is 561 g/mol. The van der Waals surface area contributed by atoms with Crippen LogP contribution in [-0.4, -0.2) is 23.1 Å². The van der Waals surface area contributed by atoms with Crippen LogP contribution in [0.2, 0.25) is 0 Å². The van der Waals surface area contributed by atoms with Crippen molar-refractivity contribution in [2.45, 2.75) is 33.1 Å². The number of hydrogen-bond acceptors (Lipinski definition) is 6. The highest BCUT2D eigenvalue weighted by Gasteiger charge is 2.49. The Morgan fingerprint density at radius 1 is 0.643 bits per heavy atom. The molecule has 0 amide bonds. The third kappa shape index (κ3) is 3.11. The van der Waals surface area contributed by atoms with Crippen molar-refractivity contribution >= 4 is 66.9 Å². The summed E-state index contributed by atoms with van der Waals surface area (Å²) < 4.78 is 2.31. The zero-order chi connectivity index (χ0) is 29.3. The zero-order valence-corrected chi connectivity index (χ0v) is 25.0. The van der Waals surface area contributed by atoms with Gasteiger partial charge in [-0.05, 0) is 40.5 Å². The van der Waals surface area contributed by atoms with E-state index in [1.165, 1.54) is 26.3 Å². The Bertz CT molecular complexity index is 2080. The van der Waals surface area contributed by atoms with Crippen molar-refractivity contribution in [2.75, 3.05) is 0 Å². The Morgan fingerprint density at radius 2 is 1.14 bits per heavy atom. The highest BCUT2D eigenvalue weighted by molar-refractivity contribution is 7.29. The number of ketones is 4. The molecule has 0 N–H and O–H groups in total. The maximum atomic E-state index is 13.1. The predicted molar refractivity (Wildman–Crippen MR) is 168 cm³/mol. The first kappa shape index (κ1) is 25.5. The standard InChI is InChI=1S/C36H24O4S2/c1-35(2)17(13-23-29(37)19-9-5-6-10-20(19)30(23)38)14-25-27(35)34-28(36(25,3)4)33-26(42-34)16-18(41-33)15-24-31(39)21-11-7-8-12-22(21)32(24)40/h5-16H,1-4H3. The van der Waals surface area contributed by atoms with Crippen LogP contribution >= 0.6 is 22.7 Å². The van der Waals surface area contributed by atoms with Crippen molar-refractivity contribution in [1.82, 2.24) is 0 Å². The Labute approximate surface area is 250 Å². The van der Waals surface area contributed by atoms with E-state index >= 15 is 0 Å². The molecule has 0 spiro atoms. The average molecular weight is 585 g/mol. The topological polar surface area (TPSA) is 68.3 Å². The Balaban J connectivity index is 1.18. The van der Waals surface area contributed by atoms with Gasteiger partial charge >= 0.3 is 0 Å². The van der Waals surface area contributed by atoms with Crippen LogP contribution in [0.5, 0.6) is 0 Å². The van der Waals surface area contributed by atoms with E-state index in [9.17, 15) is 19.2 Å². The van der Waals surface area contributed by atoms with Crippen molar-refractivity contribution in [3.63, 3.8) is 0 Å². The lowest BCUT2D eigenvalue weighted by Gasteiger charge is -2.25. The van der Waals surface area contributed by atoms with E-state index in [1.54, 1.807) is 77.3 Å². The van der Waals surface area contributed by atoms with Crippen LogP contribution in [0, 0.1) is 5.41 Å². The summed E-state index contributed by atoms with van der Waals surface area (Å²) in [6.45, 7) is 8.78. The fourth-order valence-electron chi connectivity index (χ4n) is 6.97. The molecule has 2 aromatic carbocycles. The van der Waals surface area contributed by atoms with Crippen molar-refractivity contribution in [2.24, 2.45) is 5.41 Å². The first-order valence-corrected chi connectivity index (χ1v) is 15.5. The normalized spacial score (nSPS) is 19.5. The molecule has 0 saturated carbocycles. The molecule has 8 rings (SSSR count). The molecule has 4 nitrogen and oxygen atoms in total. The summed E-state index contributed by atoms with van der Waals surface area (Å²) in [6, 6.07) is 16.1. The van der Waals surface area contributed by atoms with E-state index in [0.717, 1.165) is 15.2 Å². The van der Waals surface area contributed by atoms with Crippen LogP contribution in [0.4, 0.5) is 0 Å². The molecule has 6 heteroatoms. The number of carbonyl (C=O) groups excluding carboxylic acids is 4. The van der Waals surface area contributed by atoms with Gasteiger partial charge < -0.3 is 0 Å². The van der Waals surface area contributed by atoms with Gasteiger partial charge in [-0.1, -0.05) is 82.3 Å². The maximum absolute atomic E-state index is 13.1. The number of thiophene rings is 2. The molecule has 0 saturated heterocycles. The molecule has 2 heterocycles. The summed E-state index contributed by atoms with van der Waals surface area (Å²) in [5, 5.41) is 0. The average Bonchev–Trinajstić information content (AvgIpc) is 3.73. The third-order valence-corrected chi connectivity index (χ3v) is 11.6. The molecular formula is C36H24O4S2. The lowest BCUT2D eigenvalue weighted by atomic mass is 9.79. The number of allylic oxidation sites excluding steroid dienone is 7. The predicted octanol–water partition coefficient (Wildman–Crippen LogP) is 8.44. The van der Waals surface area contributed by atoms with Gasteiger partial charge in [0.25, 0.3) is 0 Å². The summed E-state index contributed by atoms with van der Waals surface area (Å²) in [6.07, 6.45) is 5.74. The quantitative estimate of drug-likeness (QED) is 0.175. The van der Waals surface area contributed by atoms with Crippen LogP contribution in [0.3, 0.4) is 0 Å². The van der Waals surface area contributed by atoms with E-state index in [0.29, 0.717) is 22.3 Å². The SMILES string of the molecule is CC1(C)C(C=C2C(=O)c3ccccc3C2=O)=CC2=C1c1sc3cc(C=C4C(=O)c5ccccc5C4=O)sc3c1C2(C)C. The molecule has 4 aliphatic rings. The second kappa shape index (κ2) is 8.18. The number of fused-ring (bicyclic) bond motifs is 6. The minimum Gasteiger partial charge on any atom is -0.288 e. The van der Waals surface area contributed by atoms with Gasteiger partial charge in [-0.3, -0.25) is 19.2 Å². The number of benzene rings is 2. The molecule has 0 radical (unpaired) electrons. The molecule has 4 aliphatic carbocycles. The van der Waals surface area contributed by atoms with E-state index in [1.807, 2.05) is 6.08 Å². The maximum Gasteiger partial charge on any atom is 0.197 e. The molecule has 0 bridgehead atoms. The van der Waals surface area contributed by atoms with E-state index < -0.39 is 5.41 Å². The van der Waals surface area contributed by atoms with Gasteiger partial charge in [-0.25, -0.2) is 0 Å². The Morgan fingerprint density at radius 3 is 1.67 bits per heavy atom. The summed E-state index contributed by atoms with van der Waals surface area (Å²) in [5.41, 5.74) is 6.35. The lowest BCUT2D eigenvalue weighted by molar-refractivity contribution is 0.0974. The molecule has 2 aromatic heterocycles.